The summed E-state index contributed by atoms with van der Waals surface area (Å²) >= 11 is 0. The van der Waals surface area contributed by atoms with Crippen molar-refractivity contribution < 1.29 is 19.0 Å². The predicted molar refractivity (Wildman–Crippen MR) is 125 cm³/mol. The molecule has 2 aromatic carbocycles. The highest BCUT2D eigenvalue weighted by Crippen LogP contribution is 2.22. The molecule has 0 saturated carbocycles. The van der Waals surface area contributed by atoms with Gasteiger partial charge in [-0.15, -0.1) is 0 Å². The topological polar surface area (TPSA) is 48.0 Å². The average molecular weight is 428 g/mol. The van der Waals surface area contributed by atoms with E-state index in [0.717, 1.165) is 49.2 Å². The Morgan fingerprint density at radius 3 is 2.58 bits per heavy atom. The molecule has 0 fully saturated rings. The first-order chi connectivity index (χ1) is 15.0. The van der Waals surface area contributed by atoms with Crippen LogP contribution in [0.2, 0.25) is 0 Å². The Labute approximate surface area is 187 Å². The number of hydrogen-bond acceptors (Lipinski definition) is 5. The Morgan fingerprint density at radius 2 is 1.84 bits per heavy atom. The Balaban J connectivity index is 1.95. The number of carbonyl (C=O) groups excluding carboxylic acids is 1. The van der Waals surface area contributed by atoms with Gasteiger partial charge in [0.2, 0.25) is 0 Å². The van der Waals surface area contributed by atoms with Crippen molar-refractivity contribution >= 4 is 5.97 Å². The fraction of sp³-hybridized carbons (Fsp3) is 0.500. The van der Waals surface area contributed by atoms with Crippen LogP contribution in [0, 0.1) is 0 Å². The van der Waals surface area contributed by atoms with Gasteiger partial charge in [-0.3, -0.25) is 4.79 Å². The number of nitrogens with zero attached hydrogens (tertiary/aromatic N) is 1. The van der Waals surface area contributed by atoms with Gasteiger partial charge in [0.05, 0.1) is 7.11 Å². The number of likely N-dealkylation sites (N-methyl/N-ethyl adjacent to an activating group) is 1. The largest absolute Gasteiger partial charge is 0.497 e. The summed E-state index contributed by atoms with van der Waals surface area (Å²) in [5, 5.41) is 0. The van der Waals surface area contributed by atoms with Crippen molar-refractivity contribution in [2.45, 2.75) is 51.6 Å². The van der Waals surface area contributed by atoms with Gasteiger partial charge < -0.3 is 19.1 Å². The SMILES string of the molecule is CCCCCC(=O)O[C@H](COc1ccccc1CCc1cccc(OC)c1)CN(C)C. The molecule has 0 N–H and O–H groups in total. The molecule has 5 heteroatoms. The molecule has 1 atom stereocenters. The summed E-state index contributed by atoms with van der Waals surface area (Å²) in [7, 11) is 5.63. The van der Waals surface area contributed by atoms with Crippen LogP contribution in [0.3, 0.4) is 0 Å². The van der Waals surface area contributed by atoms with Gasteiger partial charge in [0.1, 0.15) is 24.2 Å². The molecule has 170 valence electrons. The number of methoxy groups -OCH3 is 1. The van der Waals surface area contributed by atoms with Crippen molar-refractivity contribution in [3.05, 3.63) is 59.7 Å². The summed E-state index contributed by atoms with van der Waals surface area (Å²) in [6.45, 7) is 3.10. The second-order valence-corrected chi connectivity index (χ2v) is 8.10. The monoisotopic (exact) mass is 427 g/mol. The van der Waals surface area contributed by atoms with Crippen molar-refractivity contribution in [2.24, 2.45) is 0 Å². The highest BCUT2D eigenvalue weighted by atomic mass is 16.6. The number of benzene rings is 2. The molecule has 0 aliphatic heterocycles. The minimum Gasteiger partial charge on any atom is -0.497 e. The van der Waals surface area contributed by atoms with Crippen LogP contribution in [0.1, 0.15) is 43.7 Å². The van der Waals surface area contributed by atoms with Crippen LogP contribution in [-0.4, -0.2) is 51.3 Å². The van der Waals surface area contributed by atoms with Crippen molar-refractivity contribution in [1.29, 1.82) is 0 Å². The number of para-hydroxylation sites is 1. The Kier molecular flexibility index (Phi) is 10.9. The molecule has 0 unspecified atom stereocenters. The zero-order chi connectivity index (χ0) is 22.5. The predicted octanol–water partition coefficient (Wildman–Crippen LogP) is 4.91. The van der Waals surface area contributed by atoms with E-state index in [4.69, 9.17) is 14.2 Å². The van der Waals surface area contributed by atoms with Gasteiger partial charge in [-0.05, 0) is 62.7 Å². The zero-order valence-electron chi connectivity index (χ0n) is 19.4. The van der Waals surface area contributed by atoms with Crippen LogP contribution >= 0.6 is 0 Å². The number of aryl methyl sites for hydroxylation is 2. The first-order valence-electron chi connectivity index (χ1n) is 11.2. The Hall–Kier alpha value is -2.53. The van der Waals surface area contributed by atoms with Gasteiger partial charge in [0.15, 0.2) is 0 Å². The quantitative estimate of drug-likeness (QED) is 0.317. The number of esters is 1. The highest BCUT2D eigenvalue weighted by Gasteiger charge is 2.17. The van der Waals surface area contributed by atoms with Crippen LogP contribution in [0.4, 0.5) is 0 Å². The zero-order valence-corrected chi connectivity index (χ0v) is 19.4. The smallest absolute Gasteiger partial charge is 0.306 e. The van der Waals surface area contributed by atoms with E-state index in [1.54, 1.807) is 7.11 Å². The van der Waals surface area contributed by atoms with E-state index in [2.05, 4.69) is 25.1 Å². The molecular formula is C26H37NO4. The second-order valence-electron chi connectivity index (χ2n) is 8.10. The maximum atomic E-state index is 12.2. The van der Waals surface area contributed by atoms with Crippen molar-refractivity contribution in [2.75, 3.05) is 34.4 Å². The van der Waals surface area contributed by atoms with E-state index in [9.17, 15) is 4.79 Å². The van der Waals surface area contributed by atoms with E-state index in [1.807, 2.05) is 49.3 Å². The lowest BCUT2D eigenvalue weighted by molar-refractivity contribution is -0.151. The van der Waals surface area contributed by atoms with E-state index in [0.29, 0.717) is 19.6 Å². The van der Waals surface area contributed by atoms with Gasteiger partial charge in [-0.25, -0.2) is 0 Å². The lowest BCUT2D eigenvalue weighted by Gasteiger charge is -2.22. The van der Waals surface area contributed by atoms with Crippen LogP contribution < -0.4 is 9.47 Å². The molecule has 0 spiro atoms. The molecule has 0 radical (unpaired) electrons. The van der Waals surface area contributed by atoms with E-state index < -0.39 is 0 Å². The summed E-state index contributed by atoms with van der Waals surface area (Å²) < 4.78 is 17.2. The van der Waals surface area contributed by atoms with E-state index in [-0.39, 0.29) is 12.1 Å². The maximum absolute atomic E-state index is 12.2. The van der Waals surface area contributed by atoms with Crippen molar-refractivity contribution in [3.63, 3.8) is 0 Å². The second kappa shape index (κ2) is 13.7. The average Bonchev–Trinajstić information content (AvgIpc) is 2.76. The van der Waals surface area contributed by atoms with Gasteiger partial charge in [0.25, 0.3) is 0 Å². The third kappa shape index (κ3) is 9.43. The first-order valence-corrected chi connectivity index (χ1v) is 11.2. The summed E-state index contributed by atoms with van der Waals surface area (Å²) in [5.74, 6) is 1.57. The highest BCUT2D eigenvalue weighted by molar-refractivity contribution is 5.69. The number of ether oxygens (including phenoxy) is 3. The van der Waals surface area contributed by atoms with Crippen molar-refractivity contribution in [1.82, 2.24) is 4.90 Å². The van der Waals surface area contributed by atoms with Gasteiger partial charge >= 0.3 is 5.97 Å². The first kappa shape index (κ1) is 24.7. The van der Waals surface area contributed by atoms with Crippen LogP contribution in [0.5, 0.6) is 11.5 Å². The van der Waals surface area contributed by atoms with E-state index >= 15 is 0 Å². The molecule has 31 heavy (non-hydrogen) atoms. The maximum Gasteiger partial charge on any atom is 0.306 e. The number of carbonyl (C=O) groups is 1. The molecule has 0 aliphatic rings. The molecule has 0 heterocycles. The Bertz CT molecular complexity index is 790. The van der Waals surface area contributed by atoms with Crippen LogP contribution in [0.15, 0.2) is 48.5 Å². The van der Waals surface area contributed by atoms with Gasteiger partial charge in [-0.1, -0.05) is 50.1 Å². The molecule has 2 rings (SSSR count). The Morgan fingerprint density at radius 1 is 1.03 bits per heavy atom. The fourth-order valence-corrected chi connectivity index (χ4v) is 3.44. The number of hydrogen-bond donors (Lipinski definition) is 0. The lowest BCUT2D eigenvalue weighted by Crippen LogP contribution is -2.35. The molecule has 0 aliphatic carbocycles. The molecule has 2 aromatic rings. The van der Waals surface area contributed by atoms with Crippen LogP contribution in [-0.2, 0) is 22.4 Å². The molecule has 0 aromatic heterocycles. The summed E-state index contributed by atoms with van der Waals surface area (Å²) in [6, 6.07) is 16.2. The number of rotatable bonds is 14. The van der Waals surface area contributed by atoms with Gasteiger partial charge in [0, 0.05) is 13.0 Å². The molecule has 0 saturated heterocycles. The fourth-order valence-electron chi connectivity index (χ4n) is 3.44. The normalized spacial score (nSPS) is 11.9. The summed E-state index contributed by atoms with van der Waals surface area (Å²) in [4.78, 5) is 14.2. The minimum absolute atomic E-state index is 0.143. The standard InChI is InChI=1S/C26H37NO4/c1-5-6-7-15-26(28)31-24(19-27(2)3)20-30-25-14-9-8-12-22(25)17-16-21-11-10-13-23(18-21)29-4/h8-14,18,24H,5-7,15-17,19-20H2,1-4H3/t24-/m0/s1. The molecule has 0 bridgehead atoms. The summed E-state index contributed by atoms with van der Waals surface area (Å²) in [6.07, 6.45) is 4.93. The van der Waals surface area contributed by atoms with E-state index in [1.165, 1.54) is 5.56 Å². The van der Waals surface area contributed by atoms with Gasteiger partial charge in [-0.2, -0.15) is 0 Å². The third-order valence-corrected chi connectivity index (χ3v) is 5.07. The minimum atomic E-state index is -0.296. The molecular weight excluding hydrogens is 390 g/mol. The number of unbranched alkanes of at least 4 members (excludes halogenated alkanes) is 2. The lowest BCUT2D eigenvalue weighted by atomic mass is 10.0. The van der Waals surface area contributed by atoms with Crippen LogP contribution in [0.25, 0.3) is 0 Å². The molecule has 5 nitrogen and oxygen atoms in total. The van der Waals surface area contributed by atoms with Crippen molar-refractivity contribution in [3.8, 4) is 11.5 Å². The third-order valence-electron chi connectivity index (χ3n) is 5.07. The summed E-state index contributed by atoms with van der Waals surface area (Å²) in [5.41, 5.74) is 2.36. The molecule has 0 amide bonds.